The zero-order chi connectivity index (χ0) is 16.2. The first-order chi connectivity index (χ1) is 11.2. The van der Waals surface area contributed by atoms with E-state index in [1.165, 1.54) is 9.62 Å². The normalized spacial score (nSPS) is 10.7. The Morgan fingerprint density at radius 1 is 1.22 bits per heavy atom. The van der Waals surface area contributed by atoms with E-state index in [4.69, 9.17) is 4.52 Å². The highest BCUT2D eigenvalue weighted by Gasteiger charge is 2.23. The average molecular weight is 328 g/mol. The second kappa shape index (κ2) is 6.66. The van der Waals surface area contributed by atoms with Crippen molar-refractivity contribution in [2.75, 3.05) is 6.54 Å². The number of hydrogen-bond acceptors (Lipinski definition) is 4. The molecule has 0 aliphatic rings. The van der Waals surface area contributed by atoms with E-state index in [1.54, 1.807) is 18.4 Å². The molecule has 0 spiro atoms. The van der Waals surface area contributed by atoms with Crippen molar-refractivity contribution < 1.29 is 9.32 Å². The molecule has 0 atom stereocenters. The van der Waals surface area contributed by atoms with Gasteiger partial charge in [-0.1, -0.05) is 36.4 Å². The van der Waals surface area contributed by atoms with Crippen LogP contribution in [0.1, 0.15) is 15.2 Å². The molecule has 3 rings (SSSR count). The largest absolute Gasteiger partial charge is 0.370 e. The van der Waals surface area contributed by atoms with Gasteiger partial charge >= 0.3 is 5.63 Å². The Morgan fingerprint density at radius 3 is 2.70 bits per heavy atom. The van der Waals surface area contributed by atoms with Gasteiger partial charge in [0, 0.05) is 24.0 Å². The highest BCUT2D eigenvalue weighted by Crippen LogP contribution is 2.21. The summed E-state index contributed by atoms with van der Waals surface area (Å²) in [5.41, 5.74) is 0.679. The Bertz CT molecular complexity index is 848. The molecule has 0 saturated carbocycles. The van der Waals surface area contributed by atoms with Crippen molar-refractivity contribution in [2.45, 2.75) is 6.42 Å². The number of benzene rings is 1. The van der Waals surface area contributed by atoms with Gasteiger partial charge in [-0.2, -0.15) is 0 Å². The van der Waals surface area contributed by atoms with Crippen molar-refractivity contribution in [1.82, 2.24) is 10.1 Å². The van der Waals surface area contributed by atoms with Crippen molar-refractivity contribution in [3.63, 3.8) is 0 Å². The number of amides is 1. The van der Waals surface area contributed by atoms with Crippen LogP contribution in [-0.4, -0.2) is 17.2 Å². The fourth-order valence-corrected chi connectivity index (χ4v) is 3.14. The number of nitrogens with zero attached hydrogens (tertiary/aromatic N) is 1. The first-order valence-electron chi connectivity index (χ1n) is 7.23. The van der Waals surface area contributed by atoms with Gasteiger partial charge < -0.3 is 9.84 Å². The van der Waals surface area contributed by atoms with Crippen molar-refractivity contribution in [1.29, 1.82) is 0 Å². The molecule has 23 heavy (non-hydrogen) atoms. The first kappa shape index (κ1) is 15.3. The molecule has 1 aromatic carbocycles. The van der Waals surface area contributed by atoms with E-state index in [0.29, 0.717) is 12.2 Å². The van der Waals surface area contributed by atoms with Crippen molar-refractivity contribution in [3.05, 3.63) is 68.7 Å². The molecule has 2 aromatic heterocycles. The summed E-state index contributed by atoms with van der Waals surface area (Å²) in [6.07, 6.45) is 0.738. The van der Waals surface area contributed by atoms with Crippen molar-refractivity contribution in [2.24, 2.45) is 7.05 Å². The van der Waals surface area contributed by atoms with Crippen LogP contribution >= 0.6 is 11.3 Å². The molecule has 6 heteroatoms. The quantitative estimate of drug-likeness (QED) is 0.783. The zero-order valence-corrected chi connectivity index (χ0v) is 13.4. The van der Waals surface area contributed by atoms with Gasteiger partial charge in [-0.15, -0.1) is 11.3 Å². The molecular weight excluding hydrogens is 312 g/mol. The van der Waals surface area contributed by atoms with Gasteiger partial charge in [-0.25, -0.2) is 9.53 Å². The van der Waals surface area contributed by atoms with E-state index < -0.39 is 11.5 Å². The minimum atomic E-state index is -0.625. The number of aryl methyl sites for hydroxylation is 1. The van der Waals surface area contributed by atoms with Crippen LogP contribution in [0.5, 0.6) is 0 Å². The number of carbonyl (C=O) groups is 1. The van der Waals surface area contributed by atoms with E-state index in [9.17, 15) is 9.59 Å². The van der Waals surface area contributed by atoms with E-state index >= 15 is 0 Å². The Hall–Kier alpha value is -2.60. The molecule has 0 fully saturated rings. The van der Waals surface area contributed by atoms with Gasteiger partial charge in [0.25, 0.3) is 5.91 Å². The van der Waals surface area contributed by atoms with E-state index in [2.05, 4.69) is 5.32 Å². The number of carbonyl (C=O) groups excluding carboxylic acids is 1. The van der Waals surface area contributed by atoms with Gasteiger partial charge in [0.1, 0.15) is 5.69 Å². The maximum atomic E-state index is 12.4. The highest BCUT2D eigenvalue weighted by molar-refractivity contribution is 7.09. The van der Waals surface area contributed by atoms with Crippen LogP contribution in [0.25, 0.3) is 11.3 Å². The third-order valence-electron chi connectivity index (χ3n) is 3.49. The molecule has 1 N–H and O–H groups in total. The average Bonchev–Trinajstić information content (AvgIpc) is 3.15. The molecule has 0 radical (unpaired) electrons. The van der Waals surface area contributed by atoms with Gasteiger partial charge in [0.15, 0.2) is 5.56 Å². The standard InChI is InChI=1S/C17H16N2O3S/c1-19-15(12-6-3-2-4-7-12)14(17(21)22-19)16(20)18-10-9-13-8-5-11-23-13/h2-8,11H,9-10H2,1H3,(H,18,20). The topological polar surface area (TPSA) is 64.2 Å². The number of aromatic nitrogens is 1. The lowest BCUT2D eigenvalue weighted by Gasteiger charge is -2.05. The van der Waals surface area contributed by atoms with Gasteiger partial charge in [-0.05, 0) is 17.9 Å². The number of nitrogens with one attached hydrogen (secondary N) is 1. The van der Waals surface area contributed by atoms with Crippen molar-refractivity contribution >= 4 is 17.2 Å². The Balaban J connectivity index is 1.82. The van der Waals surface area contributed by atoms with Gasteiger partial charge in [0.2, 0.25) is 0 Å². The highest BCUT2D eigenvalue weighted by atomic mass is 32.1. The molecule has 0 bridgehead atoms. The minimum Gasteiger partial charge on any atom is -0.351 e. The SMILES string of the molecule is Cn1oc(=O)c(C(=O)NCCc2cccs2)c1-c1ccccc1. The number of rotatable bonds is 5. The molecule has 3 aromatic rings. The monoisotopic (exact) mass is 328 g/mol. The number of hydrogen-bond donors (Lipinski definition) is 1. The fraction of sp³-hybridized carbons (Fsp3) is 0.176. The number of thiophene rings is 1. The van der Waals surface area contributed by atoms with Crippen LogP contribution in [0.2, 0.25) is 0 Å². The molecular formula is C17H16N2O3S. The molecule has 0 aliphatic carbocycles. The Kier molecular flexibility index (Phi) is 4.43. The van der Waals surface area contributed by atoms with E-state index in [-0.39, 0.29) is 5.56 Å². The molecule has 0 unspecified atom stereocenters. The van der Waals surface area contributed by atoms with Crippen LogP contribution in [0.15, 0.2) is 57.2 Å². The molecule has 0 aliphatic heterocycles. The summed E-state index contributed by atoms with van der Waals surface area (Å²) in [5, 5.41) is 4.79. The Labute approximate surface area is 137 Å². The lowest BCUT2D eigenvalue weighted by Crippen LogP contribution is -2.29. The lowest BCUT2D eigenvalue weighted by molar-refractivity contribution is 0.0952. The maximum absolute atomic E-state index is 12.4. The summed E-state index contributed by atoms with van der Waals surface area (Å²) in [7, 11) is 1.62. The van der Waals surface area contributed by atoms with E-state index in [1.807, 2.05) is 47.8 Å². The van der Waals surface area contributed by atoms with Crippen LogP contribution in [0, 0.1) is 0 Å². The summed E-state index contributed by atoms with van der Waals surface area (Å²) in [6, 6.07) is 13.3. The van der Waals surface area contributed by atoms with Crippen LogP contribution < -0.4 is 10.9 Å². The summed E-state index contributed by atoms with van der Waals surface area (Å²) in [5.74, 6) is -0.408. The first-order valence-corrected chi connectivity index (χ1v) is 8.11. The summed E-state index contributed by atoms with van der Waals surface area (Å²) in [6.45, 7) is 0.474. The Morgan fingerprint density at radius 2 is 2.00 bits per heavy atom. The molecule has 5 nitrogen and oxygen atoms in total. The van der Waals surface area contributed by atoms with Gasteiger partial charge in [0.05, 0.1) is 0 Å². The molecule has 118 valence electrons. The van der Waals surface area contributed by atoms with E-state index in [0.717, 1.165) is 12.0 Å². The van der Waals surface area contributed by atoms with Gasteiger partial charge in [-0.3, -0.25) is 4.79 Å². The molecule has 1 amide bonds. The van der Waals surface area contributed by atoms with Crippen molar-refractivity contribution in [3.8, 4) is 11.3 Å². The summed E-state index contributed by atoms with van der Waals surface area (Å²) in [4.78, 5) is 25.6. The molecule has 2 heterocycles. The van der Waals surface area contributed by atoms with Crippen LogP contribution in [-0.2, 0) is 13.5 Å². The third kappa shape index (κ3) is 3.27. The smallest absolute Gasteiger partial charge is 0.351 e. The second-order valence-corrected chi connectivity index (χ2v) is 6.08. The lowest BCUT2D eigenvalue weighted by atomic mass is 10.1. The second-order valence-electron chi connectivity index (χ2n) is 5.05. The summed E-state index contributed by atoms with van der Waals surface area (Å²) >= 11 is 1.64. The summed E-state index contributed by atoms with van der Waals surface area (Å²) < 4.78 is 6.41. The zero-order valence-electron chi connectivity index (χ0n) is 12.6. The van der Waals surface area contributed by atoms with Crippen LogP contribution in [0.3, 0.4) is 0 Å². The predicted molar refractivity (Wildman–Crippen MR) is 89.7 cm³/mol. The third-order valence-corrected chi connectivity index (χ3v) is 4.42. The fourth-order valence-electron chi connectivity index (χ4n) is 2.43. The predicted octanol–water partition coefficient (Wildman–Crippen LogP) is 2.68. The molecule has 0 saturated heterocycles. The maximum Gasteiger partial charge on any atom is 0.370 e. The minimum absolute atomic E-state index is 0.0462. The van der Waals surface area contributed by atoms with Crippen LogP contribution in [0.4, 0.5) is 0 Å².